The van der Waals surface area contributed by atoms with Gasteiger partial charge in [0.2, 0.25) is 0 Å². The molecule has 0 heterocycles. The number of ether oxygens (including phenoxy) is 1. The van der Waals surface area contributed by atoms with Gasteiger partial charge in [-0.2, -0.15) is 0 Å². The largest absolute Gasteiger partial charge is 0.489 e. The fraction of sp³-hybridized carbons (Fsp3) is 0.176. The van der Waals surface area contributed by atoms with E-state index in [4.69, 9.17) is 22.1 Å². The lowest BCUT2D eigenvalue weighted by atomic mass is 10.1. The molecule has 2 nitrogen and oxygen atoms in total. The van der Waals surface area contributed by atoms with Crippen molar-refractivity contribution in [2.45, 2.75) is 13.5 Å². The van der Waals surface area contributed by atoms with Crippen molar-refractivity contribution in [3.05, 3.63) is 63.9 Å². The number of benzene rings is 2. The molecule has 0 radical (unpaired) electrons. The molecule has 2 aromatic carbocycles. The van der Waals surface area contributed by atoms with Crippen LogP contribution in [0.1, 0.15) is 16.7 Å². The molecule has 0 aliphatic rings. The van der Waals surface area contributed by atoms with Gasteiger partial charge in [-0.05, 0) is 48.4 Å². The van der Waals surface area contributed by atoms with Gasteiger partial charge in [0.05, 0.1) is 12.1 Å². The Balaban J connectivity index is 2.11. The van der Waals surface area contributed by atoms with Crippen LogP contribution in [0.2, 0.25) is 5.02 Å². The maximum atomic E-state index is 13.6. The van der Waals surface area contributed by atoms with E-state index in [1.165, 1.54) is 6.07 Å². The maximum Gasteiger partial charge on any atom is 0.138 e. The minimum atomic E-state index is -0.359. The molecular formula is C17H15ClFNO. The van der Waals surface area contributed by atoms with Gasteiger partial charge in [0.15, 0.2) is 0 Å². The van der Waals surface area contributed by atoms with Crippen molar-refractivity contribution in [1.29, 1.82) is 0 Å². The standard InChI is InChI=1S/C17H15ClFNO/c1-12-9-15(5-6-16(12)18)21-11-13-4-7-17(19)14(10-13)3-2-8-20/h4-7,9-10H,8,11,20H2,1H3. The maximum absolute atomic E-state index is 13.6. The van der Waals surface area contributed by atoms with Crippen LogP contribution in [-0.4, -0.2) is 6.54 Å². The Morgan fingerprint density at radius 3 is 2.76 bits per heavy atom. The van der Waals surface area contributed by atoms with Crippen molar-refractivity contribution >= 4 is 11.6 Å². The average molecular weight is 304 g/mol. The molecule has 0 bridgehead atoms. The van der Waals surface area contributed by atoms with Gasteiger partial charge in [-0.25, -0.2) is 4.39 Å². The topological polar surface area (TPSA) is 35.2 Å². The summed E-state index contributed by atoms with van der Waals surface area (Å²) in [6, 6.07) is 10.2. The molecule has 0 unspecified atom stereocenters. The van der Waals surface area contributed by atoms with Crippen molar-refractivity contribution in [2.24, 2.45) is 5.73 Å². The van der Waals surface area contributed by atoms with E-state index in [1.54, 1.807) is 24.3 Å². The highest BCUT2D eigenvalue weighted by Gasteiger charge is 2.03. The normalized spacial score (nSPS) is 9.90. The first kappa shape index (κ1) is 15.4. The van der Waals surface area contributed by atoms with Crippen molar-refractivity contribution in [2.75, 3.05) is 6.54 Å². The molecule has 4 heteroatoms. The van der Waals surface area contributed by atoms with Gasteiger partial charge in [-0.1, -0.05) is 29.5 Å². The first-order chi connectivity index (χ1) is 10.1. The van der Waals surface area contributed by atoms with Crippen molar-refractivity contribution in [3.8, 4) is 17.6 Å². The summed E-state index contributed by atoms with van der Waals surface area (Å²) in [4.78, 5) is 0. The lowest BCUT2D eigenvalue weighted by Gasteiger charge is -2.08. The third-order valence-electron chi connectivity index (χ3n) is 2.89. The van der Waals surface area contributed by atoms with Crippen molar-refractivity contribution in [1.82, 2.24) is 0 Å². The molecule has 2 aromatic rings. The molecule has 108 valence electrons. The highest BCUT2D eigenvalue weighted by atomic mass is 35.5. The van der Waals surface area contributed by atoms with E-state index in [0.29, 0.717) is 17.2 Å². The quantitative estimate of drug-likeness (QED) is 0.878. The molecule has 0 fully saturated rings. The fourth-order valence-electron chi connectivity index (χ4n) is 1.78. The van der Waals surface area contributed by atoms with Gasteiger partial charge in [-0.3, -0.25) is 0 Å². The summed E-state index contributed by atoms with van der Waals surface area (Å²) in [5.74, 6) is 5.71. The zero-order valence-corrected chi connectivity index (χ0v) is 12.4. The summed E-state index contributed by atoms with van der Waals surface area (Å²) in [5.41, 5.74) is 7.41. The summed E-state index contributed by atoms with van der Waals surface area (Å²) < 4.78 is 19.2. The van der Waals surface area contributed by atoms with Gasteiger partial charge >= 0.3 is 0 Å². The first-order valence-electron chi connectivity index (χ1n) is 6.46. The molecule has 2 rings (SSSR count). The van der Waals surface area contributed by atoms with Crippen LogP contribution in [-0.2, 0) is 6.61 Å². The predicted molar refractivity (Wildman–Crippen MR) is 82.9 cm³/mol. The zero-order chi connectivity index (χ0) is 15.2. The van der Waals surface area contributed by atoms with E-state index in [9.17, 15) is 4.39 Å². The monoisotopic (exact) mass is 303 g/mol. The van der Waals surface area contributed by atoms with E-state index in [1.807, 2.05) is 13.0 Å². The van der Waals surface area contributed by atoms with E-state index in [2.05, 4.69) is 11.8 Å². The molecule has 0 spiro atoms. The second-order valence-corrected chi connectivity index (χ2v) is 4.93. The van der Waals surface area contributed by atoms with Crippen LogP contribution in [0.4, 0.5) is 4.39 Å². The number of hydrogen-bond donors (Lipinski definition) is 1. The predicted octanol–water partition coefficient (Wildman–Crippen LogP) is 3.68. The van der Waals surface area contributed by atoms with Gasteiger partial charge in [-0.15, -0.1) is 0 Å². The second-order valence-electron chi connectivity index (χ2n) is 4.52. The lowest BCUT2D eigenvalue weighted by molar-refractivity contribution is 0.306. The second kappa shape index (κ2) is 7.12. The first-order valence-corrected chi connectivity index (χ1v) is 6.84. The Morgan fingerprint density at radius 1 is 1.24 bits per heavy atom. The number of nitrogens with two attached hydrogens (primary N) is 1. The Labute approximate surface area is 128 Å². The minimum absolute atomic E-state index is 0.199. The molecule has 2 N–H and O–H groups in total. The fourth-order valence-corrected chi connectivity index (χ4v) is 1.90. The Bertz CT molecular complexity index is 704. The summed E-state index contributed by atoms with van der Waals surface area (Å²) in [6.07, 6.45) is 0. The van der Waals surface area contributed by atoms with Gasteiger partial charge in [0.1, 0.15) is 18.2 Å². The molecule has 0 atom stereocenters. The molecule has 0 aliphatic heterocycles. The molecule has 0 saturated carbocycles. The van der Waals surface area contributed by atoms with Crippen LogP contribution in [0.25, 0.3) is 0 Å². The van der Waals surface area contributed by atoms with E-state index < -0.39 is 0 Å². The highest BCUT2D eigenvalue weighted by Crippen LogP contribution is 2.22. The Hall–Kier alpha value is -2.02. The van der Waals surface area contributed by atoms with E-state index in [0.717, 1.165) is 16.9 Å². The average Bonchev–Trinajstić information content (AvgIpc) is 2.48. The van der Waals surface area contributed by atoms with Crippen LogP contribution >= 0.6 is 11.6 Å². The zero-order valence-electron chi connectivity index (χ0n) is 11.6. The van der Waals surface area contributed by atoms with Crippen LogP contribution in [0.15, 0.2) is 36.4 Å². The van der Waals surface area contributed by atoms with Gasteiger partial charge in [0, 0.05) is 5.02 Å². The lowest BCUT2D eigenvalue weighted by Crippen LogP contribution is -1.98. The molecule has 0 saturated heterocycles. The number of hydrogen-bond acceptors (Lipinski definition) is 2. The van der Waals surface area contributed by atoms with Crippen LogP contribution in [0.3, 0.4) is 0 Å². The number of rotatable bonds is 3. The van der Waals surface area contributed by atoms with Crippen LogP contribution in [0, 0.1) is 24.6 Å². The Morgan fingerprint density at radius 2 is 2.05 bits per heavy atom. The van der Waals surface area contributed by atoms with Crippen molar-refractivity contribution < 1.29 is 9.13 Å². The molecule has 21 heavy (non-hydrogen) atoms. The summed E-state index contributed by atoms with van der Waals surface area (Å²) in [7, 11) is 0. The number of aryl methyl sites for hydroxylation is 1. The summed E-state index contributed by atoms with van der Waals surface area (Å²) in [6.45, 7) is 2.44. The molecule has 0 aliphatic carbocycles. The smallest absolute Gasteiger partial charge is 0.138 e. The molecule has 0 amide bonds. The van der Waals surface area contributed by atoms with Crippen LogP contribution in [0.5, 0.6) is 5.75 Å². The van der Waals surface area contributed by atoms with Crippen molar-refractivity contribution in [3.63, 3.8) is 0 Å². The summed E-state index contributed by atoms with van der Waals surface area (Å²) >= 11 is 5.96. The Kier molecular flexibility index (Phi) is 5.21. The third kappa shape index (κ3) is 4.22. The summed E-state index contributed by atoms with van der Waals surface area (Å²) in [5, 5.41) is 0.698. The van der Waals surface area contributed by atoms with Gasteiger partial charge in [0.25, 0.3) is 0 Å². The number of halogens is 2. The molecular weight excluding hydrogens is 289 g/mol. The minimum Gasteiger partial charge on any atom is -0.489 e. The van der Waals surface area contributed by atoms with Crippen LogP contribution < -0.4 is 10.5 Å². The highest BCUT2D eigenvalue weighted by molar-refractivity contribution is 6.31. The third-order valence-corrected chi connectivity index (χ3v) is 3.31. The van der Waals surface area contributed by atoms with Gasteiger partial charge < -0.3 is 10.5 Å². The SMILES string of the molecule is Cc1cc(OCc2ccc(F)c(C#CCN)c2)ccc1Cl. The molecule has 0 aromatic heterocycles. The van der Waals surface area contributed by atoms with E-state index >= 15 is 0 Å². The van der Waals surface area contributed by atoms with E-state index in [-0.39, 0.29) is 12.4 Å².